The lowest BCUT2D eigenvalue weighted by atomic mass is 9.83. The maximum atomic E-state index is 13.4. The summed E-state index contributed by atoms with van der Waals surface area (Å²) < 4.78 is 16.6. The number of amides is 1. The molecule has 0 bridgehead atoms. The van der Waals surface area contributed by atoms with Gasteiger partial charge in [-0.05, 0) is 63.9 Å². The van der Waals surface area contributed by atoms with E-state index in [9.17, 15) is 29.4 Å². The van der Waals surface area contributed by atoms with Crippen LogP contribution in [0.4, 0.5) is 0 Å². The molecule has 0 radical (unpaired) electrons. The Balaban J connectivity index is 2.04. The van der Waals surface area contributed by atoms with Gasteiger partial charge in [0.05, 0.1) is 12.2 Å². The maximum Gasteiger partial charge on any atom is 0.329 e. The zero-order valence-electron chi connectivity index (χ0n) is 26.8. The van der Waals surface area contributed by atoms with Crippen LogP contribution in [0.1, 0.15) is 79.6 Å². The van der Waals surface area contributed by atoms with Crippen molar-refractivity contribution in [2.75, 3.05) is 27.4 Å². The van der Waals surface area contributed by atoms with Gasteiger partial charge in [-0.1, -0.05) is 51.2 Å². The summed E-state index contributed by atoms with van der Waals surface area (Å²) in [5.41, 5.74) is -0.595. The number of hydrogen-bond acceptors (Lipinski definition) is 8. The van der Waals surface area contributed by atoms with Crippen molar-refractivity contribution in [3.63, 3.8) is 0 Å². The molecule has 1 amide bonds. The van der Waals surface area contributed by atoms with Gasteiger partial charge in [-0.15, -0.1) is 0 Å². The van der Waals surface area contributed by atoms with Crippen molar-refractivity contribution in [2.24, 2.45) is 17.8 Å². The third-order valence-corrected chi connectivity index (χ3v) is 8.90. The Morgan fingerprint density at radius 2 is 1.79 bits per heavy atom. The summed E-state index contributed by atoms with van der Waals surface area (Å²) in [5, 5.41) is 21.2. The lowest BCUT2D eigenvalue weighted by molar-refractivity contribution is -0.266. The highest BCUT2D eigenvalue weighted by Crippen LogP contribution is 2.37. The number of rotatable bonds is 15. The molecular formula is C33H51NO9. The van der Waals surface area contributed by atoms with Crippen LogP contribution in [0.15, 0.2) is 36.0 Å². The average Bonchev–Trinajstić information content (AvgIpc) is 2.96. The molecule has 2 saturated heterocycles. The Morgan fingerprint density at radius 1 is 1.09 bits per heavy atom. The van der Waals surface area contributed by atoms with Crippen molar-refractivity contribution >= 4 is 23.4 Å². The van der Waals surface area contributed by atoms with Gasteiger partial charge in [0.15, 0.2) is 5.78 Å². The quantitative estimate of drug-likeness (QED) is 0.207. The molecule has 0 aromatic carbocycles. The number of piperidine rings is 1. The second kappa shape index (κ2) is 16.4. The monoisotopic (exact) mass is 605 g/mol. The number of Topliss-reactive ketones (excluding diaryl/α,β-unsaturated/α-hetero) is 2. The molecule has 1 unspecified atom stereocenters. The third kappa shape index (κ3) is 9.41. The first-order chi connectivity index (χ1) is 20.2. The standard InChI is InChI=1S/C33H51NO9/c1-22(19-24(3)27(35)21-41-6)13-9-8-10-14-23(2)28(42-7)20-26-16-15-25(4)33(40,43-26)29(36)30(37)34-18-12-11-17-32(34,5)31(38)39/h8-10,13-14,22,24-26,28,40H,11-12,15-21H2,1-7H3,(H,38,39)/t22-,24-,25-,26+,28+,32?,33-/m1/s1. The van der Waals surface area contributed by atoms with E-state index >= 15 is 0 Å². The minimum atomic E-state index is -2.35. The predicted molar refractivity (Wildman–Crippen MR) is 162 cm³/mol. The first-order valence-electron chi connectivity index (χ1n) is 15.3. The number of carbonyl (C=O) groups is 4. The molecule has 2 aliphatic heterocycles. The molecule has 0 aromatic rings. The number of ketones is 2. The number of ether oxygens (including phenoxy) is 3. The Morgan fingerprint density at radius 3 is 2.42 bits per heavy atom. The van der Waals surface area contributed by atoms with Crippen LogP contribution in [0.2, 0.25) is 0 Å². The van der Waals surface area contributed by atoms with Crippen molar-refractivity contribution in [3.05, 3.63) is 36.0 Å². The number of methoxy groups -OCH3 is 2. The summed E-state index contributed by atoms with van der Waals surface area (Å²) in [4.78, 5) is 51.7. The van der Waals surface area contributed by atoms with E-state index in [2.05, 4.69) is 6.92 Å². The van der Waals surface area contributed by atoms with Crippen LogP contribution in [0, 0.1) is 17.8 Å². The van der Waals surface area contributed by atoms with Crippen LogP contribution in [0.25, 0.3) is 0 Å². The number of allylic oxidation sites excluding steroid dienone is 5. The summed E-state index contributed by atoms with van der Waals surface area (Å²) in [7, 11) is 3.10. The molecule has 10 nitrogen and oxygen atoms in total. The van der Waals surface area contributed by atoms with Gasteiger partial charge in [0.25, 0.3) is 11.7 Å². The van der Waals surface area contributed by atoms with Crippen LogP contribution in [-0.2, 0) is 33.4 Å². The SMILES string of the molecule is COCC(=O)[C@H](C)C[C@H](C)C=CC=CC=C(C)[C@H](C[C@@H]1CC[C@@H](C)[C@](O)(C(=O)C(=O)N2CCCCC2(C)C(=O)O)O1)OC. The second-order valence-electron chi connectivity index (χ2n) is 12.4. The molecule has 2 fully saturated rings. The van der Waals surface area contributed by atoms with E-state index in [1.54, 1.807) is 14.0 Å². The second-order valence-corrected chi connectivity index (χ2v) is 12.4. The molecule has 0 spiro atoms. The Bertz CT molecular complexity index is 1080. The van der Waals surface area contributed by atoms with Crippen molar-refractivity contribution in [1.82, 2.24) is 4.90 Å². The van der Waals surface area contributed by atoms with E-state index in [0.29, 0.717) is 32.1 Å². The van der Waals surface area contributed by atoms with Gasteiger partial charge in [-0.3, -0.25) is 14.4 Å². The highest BCUT2D eigenvalue weighted by atomic mass is 16.6. The largest absolute Gasteiger partial charge is 0.480 e. The zero-order chi connectivity index (χ0) is 32.4. The number of carboxylic acids is 1. The first-order valence-corrected chi connectivity index (χ1v) is 15.3. The van der Waals surface area contributed by atoms with Crippen LogP contribution in [-0.4, -0.2) is 89.5 Å². The molecule has 0 aromatic heterocycles. The maximum absolute atomic E-state index is 13.4. The lowest BCUT2D eigenvalue weighted by Gasteiger charge is -2.45. The van der Waals surface area contributed by atoms with Gasteiger partial charge in [-0.25, -0.2) is 4.79 Å². The molecular weight excluding hydrogens is 554 g/mol. The highest BCUT2D eigenvalue weighted by molar-refractivity contribution is 6.39. The molecule has 0 saturated carbocycles. The summed E-state index contributed by atoms with van der Waals surface area (Å²) in [6.45, 7) is 9.25. The van der Waals surface area contributed by atoms with E-state index in [-0.39, 0.29) is 43.3 Å². The van der Waals surface area contributed by atoms with Gasteiger partial charge in [-0.2, -0.15) is 0 Å². The van der Waals surface area contributed by atoms with Crippen LogP contribution in [0.5, 0.6) is 0 Å². The molecule has 2 N–H and O–H groups in total. The molecule has 10 heteroatoms. The summed E-state index contributed by atoms with van der Waals surface area (Å²) in [5.74, 6) is -6.07. The number of carboxylic acid groups (broad SMARTS) is 1. The van der Waals surface area contributed by atoms with E-state index in [4.69, 9.17) is 14.2 Å². The Labute approximate surface area is 256 Å². The molecule has 7 atom stereocenters. The Hall–Kier alpha value is -2.66. The van der Waals surface area contributed by atoms with E-state index in [1.165, 1.54) is 14.0 Å². The summed E-state index contributed by atoms with van der Waals surface area (Å²) >= 11 is 0. The van der Waals surface area contributed by atoms with Crippen molar-refractivity contribution in [2.45, 2.75) is 103 Å². The van der Waals surface area contributed by atoms with Gasteiger partial charge < -0.3 is 29.3 Å². The fourth-order valence-electron chi connectivity index (χ4n) is 5.84. The molecule has 242 valence electrons. The van der Waals surface area contributed by atoms with Crippen molar-refractivity contribution in [3.8, 4) is 0 Å². The normalized spacial score (nSPS) is 29.0. The molecule has 0 aliphatic carbocycles. The fourth-order valence-corrected chi connectivity index (χ4v) is 5.84. The van der Waals surface area contributed by atoms with E-state index in [0.717, 1.165) is 16.9 Å². The minimum Gasteiger partial charge on any atom is -0.480 e. The molecule has 2 aliphatic rings. The number of nitrogens with zero attached hydrogens (tertiary/aromatic N) is 1. The molecule has 2 heterocycles. The molecule has 43 heavy (non-hydrogen) atoms. The predicted octanol–water partition coefficient (Wildman–Crippen LogP) is 4.26. The Kier molecular flexibility index (Phi) is 14.0. The fraction of sp³-hybridized carbons (Fsp3) is 0.697. The van der Waals surface area contributed by atoms with Gasteiger partial charge in [0.1, 0.15) is 12.1 Å². The smallest absolute Gasteiger partial charge is 0.329 e. The number of hydrogen-bond donors (Lipinski definition) is 2. The van der Waals surface area contributed by atoms with E-state index in [1.807, 2.05) is 44.2 Å². The van der Waals surface area contributed by atoms with Crippen molar-refractivity contribution < 1.29 is 43.6 Å². The third-order valence-electron chi connectivity index (χ3n) is 8.90. The average molecular weight is 606 g/mol. The molecule has 2 rings (SSSR count). The summed E-state index contributed by atoms with van der Waals surface area (Å²) in [6.07, 6.45) is 12.4. The van der Waals surface area contributed by atoms with Crippen LogP contribution in [0.3, 0.4) is 0 Å². The number of likely N-dealkylation sites (tertiary alicyclic amines) is 1. The number of aliphatic hydroxyl groups is 1. The zero-order valence-corrected chi connectivity index (χ0v) is 26.8. The minimum absolute atomic E-state index is 0.0704. The number of carbonyl (C=O) groups excluding carboxylic acids is 3. The number of aliphatic carboxylic acids is 1. The highest BCUT2D eigenvalue weighted by Gasteiger charge is 2.54. The first kappa shape index (κ1) is 36.5. The van der Waals surface area contributed by atoms with Gasteiger partial charge in [0.2, 0.25) is 5.79 Å². The summed E-state index contributed by atoms with van der Waals surface area (Å²) in [6, 6.07) is 0. The van der Waals surface area contributed by atoms with Crippen LogP contribution < -0.4 is 0 Å². The topological polar surface area (TPSA) is 140 Å². The van der Waals surface area contributed by atoms with E-state index < -0.39 is 41.0 Å². The van der Waals surface area contributed by atoms with Crippen LogP contribution >= 0.6 is 0 Å². The van der Waals surface area contributed by atoms with Crippen molar-refractivity contribution in [1.29, 1.82) is 0 Å². The van der Waals surface area contributed by atoms with Gasteiger partial charge >= 0.3 is 5.97 Å². The van der Waals surface area contributed by atoms with Gasteiger partial charge in [0, 0.05) is 39.0 Å². The lowest BCUT2D eigenvalue weighted by Crippen LogP contribution is -2.64.